The van der Waals surface area contributed by atoms with E-state index in [2.05, 4.69) is 10.3 Å². The van der Waals surface area contributed by atoms with Crippen molar-refractivity contribution in [3.63, 3.8) is 0 Å². The van der Waals surface area contributed by atoms with Gasteiger partial charge < -0.3 is 19.9 Å². The number of aliphatic imine (C=N–C) groups is 1. The molecule has 0 spiro atoms. The summed E-state index contributed by atoms with van der Waals surface area (Å²) in [6, 6.07) is 3.10. The summed E-state index contributed by atoms with van der Waals surface area (Å²) >= 11 is 7.76. The van der Waals surface area contributed by atoms with Gasteiger partial charge in [0, 0.05) is 47.5 Å². The van der Waals surface area contributed by atoms with E-state index in [1.54, 1.807) is 13.1 Å². The van der Waals surface area contributed by atoms with Crippen LogP contribution in [0.5, 0.6) is 0 Å². The van der Waals surface area contributed by atoms with E-state index < -0.39 is 29.9 Å². The van der Waals surface area contributed by atoms with Crippen molar-refractivity contribution in [2.45, 2.75) is 25.5 Å². The molecule has 4 rings (SSSR count). The molecule has 2 unspecified atom stereocenters. The Kier molecular flexibility index (Phi) is 8.11. The van der Waals surface area contributed by atoms with Crippen LogP contribution in [0.3, 0.4) is 0 Å². The molecule has 186 valence electrons. The average molecular weight is 523 g/mol. The Morgan fingerprint density at radius 2 is 2.26 bits per heavy atom. The molecule has 1 fully saturated rings. The predicted octanol–water partition coefficient (Wildman–Crippen LogP) is 3.02. The number of carboxylic acid groups (broad SMARTS) is 1. The summed E-state index contributed by atoms with van der Waals surface area (Å²) in [7, 11) is 0. The van der Waals surface area contributed by atoms with Crippen LogP contribution in [0.15, 0.2) is 46.0 Å². The molecular formula is C23H24ClFN4O5S. The number of halogens is 2. The number of carbonyl (C=O) groups is 2. The Labute approximate surface area is 210 Å². The van der Waals surface area contributed by atoms with E-state index in [0.29, 0.717) is 41.8 Å². The molecule has 0 saturated carbocycles. The number of ether oxygens (including phenoxy) is 2. The third-order valence-corrected chi connectivity index (χ3v) is 6.63. The van der Waals surface area contributed by atoms with E-state index >= 15 is 0 Å². The fraction of sp³-hybridized carbons (Fsp3) is 0.391. The van der Waals surface area contributed by atoms with Crippen LogP contribution in [0, 0.1) is 5.82 Å². The minimum atomic E-state index is -0.941. The number of aromatic nitrogens is 1. The number of aliphatic carboxylic acids is 1. The van der Waals surface area contributed by atoms with Crippen LogP contribution in [-0.4, -0.2) is 71.7 Å². The Morgan fingerprint density at radius 3 is 2.94 bits per heavy atom. The molecule has 0 bridgehead atoms. The highest BCUT2D eigenvalue weighted by atomic mass is 35.5. The van der Waals surface area contributed by atoms with Crippen molar-refractivity contribution in [2.75, 3.05) is 32.8 Å². The topological polar surface area (TPSA) is 113 Å². The molecule has 1 aromatic heterocycles. The number of hydrogen-bond acceptors (Lipinski definition) is 9. The van der Waals surface area contributed by atoms with Crippen LogP contribution in [0.25, 0.3) is 0 Å². The number of carbonyl (C=O) groups excluding carboxylic acids is 1. The van der Waals surface area contributed by atoms with Crippen molar-refractivity contribution in [1.82, 2.24) is 15.2 Å². The molecule has 12 heteroatoms. The van der Waals surface area contributed by atoms with Gasteiger partial charge in [0.25, 0.3) is 0 Å². The molecule has 2 aliphatic rings. The van der Waals surface area contributed by atoms with Crippen molar-refractivity contribution in [2.24, 2.45) is 4.99 Å². The summed E-state index contributed by atoms with van der Waals surface area (Å²) in [5, 5.41) is 14.9. The maximum Gasteiger partial charge on any atom is 0.338 e. The smallest absolute Gasteiger partial charge is 0.338 e. The van der Waals surface area contributed by atoms with E-state index in [0.717, 1.165) is 0 Å². The summed E-state index contributed by atoms with van der Waals surface area (Å²) in [5.41, 5.74) is 1.24. The Hall–Kier alpha value is -2.86. The lowest BCUT2D eigenvalue weighted by Crippen LogP contribution is -2.47. The second-order valence-corrected chi connectivity index (χ2v) is 9.25. The fourth-order valence-electron chi connectivity index (χ4n) is 4.03. The van der Waals surface area contributed by atoms with E-state index in [1.165, 1.54) is 29.5 Å². The molecule has 0 amide bonds. The molecule has 2 N–H and O–H groups in total. The van der Waals surface area contributed by atoms with Gasteiger partial charge in [0.05, 0.1) is 31.3 Å². The van der Waals surface area contributed by atoms with Gasteiger partial charge in [0.1, 0.15) is 11.9 Å². The number of esters is 1. The van der Waals surface area contributed by atoms with Gasteiger partial charge in [-0.15, -0.1) is 11.3 Å². The maximum atomic E-state index is 13.8. The highest BCUT2D eigenvalue weighted by molar-refractivity contribution is 7.11. The summed E-state index contributed by atoms with van der Waals surface area (Å²) in [6.45, 7) is 3.42. The lowest BCUT2D eigenvalue weighted by molar-refractivity contribution is -0.142. The number of rotatable bonds is 8. The SMILES string of the molecule is CCOC(=O)C1=C(CN2CCOC(CC(=O)O)C2)NC(c2nccs2)=NC1c1ccc(F)cc1Cl. The highest BCUT2D eigenvalue weighted by Crippen LogP contribution is 2.37. The van der Waals surface area contributed by atoms with Gasteiger partial charge in [0.15, 0.2) is 10.8 Å². The molecule has 9 nitrogen and oxygen atoms in total. The second kappa shape index (κ2) is 11.3. The molecule has 35 heavy (non-hydrogen) atoms. The fourth-order valence-corrected chi connectivity index (χ4v) is 4.89. The van der Waals surface area contributed by atoms with Gasteiger partial charge in [-0.25, -0.2) is 14.2 Å². The summed E-state index contributed by atoms with van der Waals surface area (Å²) in [6.07, 6.45) is 1.06. The zero-order chi connectivity index (χ0) is 24.9. The van der Waals surface area contributed by atoms with Crippen LogP contribution in [0.4, 0.5) is 4.39 Å². The molecule has 1 saturated heterocycles. The minimum Gasteiger partial charge on any atom is -0.481 e. The van der Waals surface area contributed by atoms with E-state index in [9.17, 15) is 14.0 Å². The quantitative estimate of drug-likeness (QED) is 0.509. The monoisotopic (exact) mass is 522 g/mol. The zero-order valence-electron chi connectivity index (χ0n) is 18.9. The molecule has 2 aromatic rings. The lowest BCUT2D eigenvalue weighted by atomic mass is 9.95. The van der Waals surface area contributed by atoms with E-state index in [4.69, 9.17) is 31.2 Å². The summed E-state index contributed by atoms with van der Waals surface area (Å²) in [4.78, 5) is 35.4. The number of amidine groups is 1. The standard InChI is InChI=1S/C23H24ClFN4O5S/c1-2-33-23(32)19-17(12-29-6-7-34-14(11-29)10-18(30)31)27-21(22-26-5-8-35-22)28-20(19)15-4-3-13(25)9-16(15)24/h3-5,8-9,14,20H,2,6-7,10-12H2,1H3,(H,27,28)(H,30,31). The maximum absolute atomic E-state index is 13.8. The van der Waals surface area contributed by atoms with Gasteiger partial charge in [-0.3, -0.25) is 14.7 Å². The first-order valence-corrected chi connectivity index (χ1v) is 12.3. The van der Waals surface area contributed by atoms with Crippen molar-refractivity contribution >= 4 is 40.7 Å². The van der Waals surface area contributed by atoms with Crippen LogP contribution in [0.2, 0.25) is 5.02 Å². The molecule has 1 aromatic carbocycles. The molecule has 2 atom stereocenters. The van der Waals surface area contributed by atoms with Crippen molar-refractivity contribution in [1.29, 1.82) is 0 Å². The first-order valence-electron chi connectivity index (χ1n) is 11.0. The first-order chi connectivity index (χ1) is 16.9. The molecule has 0 radical (unpaired) electrons. The number of thiazole rings is 1. The highest BCUT2D eigenvalue weighted by Gasteiger charge is 2.35. The van der Waals surface area contributed by atoms with E-state index in [-0.39, 0.29) is 30.2 Å². The number of carboxylic acids is 1. The van der Waals surface area contributed by atoms with E-state index in [1.807, 2.05) is 10.3 Å². The molecule has 3 heterocycles. The average Bonchev–Trinajstić information content (AvgIpc) is 3.34. The minimum absolute atomic E-state index is 0.118. The number of benzene rings is 1. The van der Waals surface area contributed by atoms with Crippen molar-refractivity contribution in [3.8, 4) is 0 Å². The third kappa shape index (κ3) is 6.04. The lowest BCUT2D eigenvalue weighted by Gasteiger charge is -2.35. The van der Waals surface area contributed by atoms with Crippen molar-refractivity contribution < 1.29 is 28.6 Å². The summed E-state index contributed by atoms with van der Waals surface area (Å²) < 4.78 is 24.7. The van der Waals surface area contributed by atoms with Crippen LogP contribution in [0.1, 0.15) is 30.0 Å². The van der Waals surface area contributed by atoms with Crippen LogP contribution in [-0.2, 0) is 19.1 Å². The van der Waals surface area contributed by atoms with Crippen LogP contribution < -0.4 is 5.32 Å². The summed E-state index contributed by atoms with van der Waals surface area (Å²) in [5.74, 6) is -1.57. The Balaban J connectivity index is 1.75. The van der Waals surface area contributed by atoms with Gasteiger partial charge in [-0.2, -0.15) is 0 Å². The number of morpholine rings is 1. The first kappa shape index (κ1) is 25.2. The van der Waals surface area contributed by atoms with Crippen molar-refractivity contribution in [3.05, 3.63) is 62.5 Å². The predicted molar refractivity (Wildman–Crippen MR) is 128 cm³/mol. The van der Waals surface area contributed by atoms with Gasteiger partial charge in [-0.1, -0.05) is 17.7 Å². The Morgan fingerprint density at radius 1 is 1.43 bits per heavy atom. The van der Waals surface area contributed by atoms with Crippen LogP contribution >= 0.6 is 22.9 Å². The number of nitrogens with one attached hydrogen (secondary N) is 1. The molecule has 2 aliphatic heterocycles. The largest absolute Gasteiger partial charge is 0.481 e. The van der Waals surface area contributed by atoms with Gasteiger partial charge >= 0.3 is 11.9 Å². The second-order valence-electron chi connectivity index (χ2n) is 7.95. The van der Waals surface area contributed by atoms with Gasteiger partial charge in [-0.05, 0) is 19.1 Å². The Bertz CT molecular complexity index is 1160. The zero-order valence-corrected chi connectivity index (χ0v) is 20.4. The molecule has 0 aliphatic carbocycles. The normalized spacial score (nSPS) is 20.8. The van der Waals surface area contributed by atoms with Gasteiger partial charge in [0.2, 0.25) is 0 Å². The third-order valence-electron chi connectivity index (χ3n) is 5.52. The molecular weight excluding hydrogens is 499 g/mol. The number of hydrogen-bond donors (Lipinski definition) is 2. The number of nitrogens with zero attached hydrogens (tertiary/aromatic N) is 3.